The van der Waals surface area contributed by atoms with Crippen LogP contribution < -0.4 is 10.1 Å². The lowest BCUT2D eigenvalue weighted by Gasteiger charge is -2.15. The summed E-state index contributed by atoms with van der Waals surface area (Å²) < 4.78 is 7.57. The van der Waals surface area contributed by atoms with Crippen LogP contribution in [0, 0.1) is 6.92 Å². The molecule has 0 aliphatic heterocycles. The van der Waals surface area contributed by atoms with E-state index in [-0.39, 0.29) is 11.8 Å². The maximum atomic E-state index is 12.4. The number of hydrogen-bond acceptors (Lipinski definition) is 3. The van der Waals surface area contributed by atoms with Crippen LogP contribution in [0.4, 0.5) is 5.69 Å². The van der Waals surface area contributed by atoms with Gasteiger partial charge in [0.2, 0.25) is 5.91 Å². The lowest BCUT2D eigenvalue weighted by atomic mass is 9.93. The summed E-state index contributed by atoms with van der Waals surface area (Å²) >= 11 is 0. The van der Waals surface area contributed by atoms with Crippen LogP contribution in [0.1, 0.15) is 30.4 Å². The van der Waals surface area contributed by atoms with Gasteiger partial charge in [0.15, 0.2) is 0 Å². The summed E-state index contributed by atoms with van der Waals surface area (Å²) in [4.78, 5) is 12.4. The molecular formula is C22H25N3O2. The van der Waals surface area contributed by atoms with Crippen molar-refractivity contribution in [1.82, 2.24) is 9.78 Å². The van der Waals surface area contributed by atoms with Crippen molar-refractivity contribution in [1.29, 1.82) is 0 Å². The fourth-order valence-corrected chi connectivity index (χ4v) is 3.09. The summed E-state index contributed by atoms with van der Waals surface area (Å²) in [6.07, 6.45) is 4.08. The molecule has 0 bridgehead atoms. The number of carbonyl (C=O) groups is 1. The Balaban J connectivity index is 1.52. The highest BCUT2D eigenvalue weighted by molar-refractivity contribution is 5.91. The van der Waals surface area contributed by atoms with Gasteiger partial charge in [0.1, 0.15) is 12.4 Å². The van der Waals surface area contributed by atoms with Gasteiger partial charge in [-0.1, -0.05) is 37.3 Å². The molecular weight excluding hydrogens is 338 g/mol. The number of carbonyl (C=O) groups excluding carboxylic acids is 1. The molecule has 1 amide bonds. The Labute approximate surface area is 160 Å². The van der Waals surface area contributed by atoms with E-state index >= 15 is 0 Å². The van der Waals surface area contributed by atoms with Gasteiger partial charge in [0.25, 0.3) is 0 Å². The molecule has 5 nitrogen and oxygen atoms in total. The summed E-state index contributed by atoms with van der Waals surface area (Å²) in [5.41, 5.74) is 3.17. The van der Waals surface area contributed by atoms with Crippen LogP contribution in [0.25, 0.3) is 0 Å². The third-order valence-electron chi connectivity index (χ3n) is 4.48. The molecule has 0 aliphatic rings. The number of amides is 1. The third kappa shape index (κ3) is 5.45. The summed E-state index contributed by atoms with van der Waals surface area (Å²) in [6, 6.07) is 17.6. The molecule has 2 aromatic carbocycles. The van der Waals surface area contributed by atoms with Crippen molar-refractivity contribution < 1.29 is 9.53 Å². The minimum absolute atomic E-state index is 0.000515. The number of aryl methyl sites for hydroxylation is 1. The van der Waals surface area contributed by atoms with Gasteiger partial charge >= 0.3 is 0 Å². The topological polar surface area (TPSA) is 56.1 Å². The van der Waals surface area contributed by atoms with Crippen molar-refractivity contribution >= 4 is 11.6 Å². The number of nitrogens with zero attached hydrogens (tertiary/aromatic N) is 2. The number of benzene rings is 2. The Morgan fingerprint density at radius 3 is 2.81 bits per heavy atom. The Kier molecular flexibility index (Phi) is 6.26. The number of aromatic nitrogens is 2. The fraction of sp³-hybridized carbons (Fsp3) is 0.273. The fourth-order valence-electron chi connectivity index (χ4n) is 3.09. The second-order valence-electron chi connectivity index (χ2n) is 6.66. The van der Waals surface area contributed by atoms with Crippen LogP contribution >= 0.6 is 0 Å². The minimum Gasteiger partial charge on any atom is -0.492 e. The third-order valence-corrected chi connectivity index (χ3v) is 4.48. The van der Waals surface area contributed by atoms with Crippen LogP contribution in [-0.4, -0.2) is 22.3 Å². The first kappa shape index (κ1) is 18.7. The minimum atomic E-state index is -0.000515. The molecule has 3 aromatic rings. The summed E-state index contributed by atoms with van der Waals surface area (Å²) in [5, 5.41) is 7.11. The highest BCUT2D eigenvalue weighted by Crippen LogP contribution is 2.23. The molecule has 5 heteroatoms. The van der Waals surface area contributed by atoms with E-state index < -0.39 is 0 Å². The van der Waals surface area contributed by atoms with Crippen LogP contribution in [0.5, 0.6) is 5.75 Å². The standard InChI is InChI=1S/C22H25N3O2/c1-17-7-3-4-10-21(17)18(2)15-22(26)24-19-8-5-9-20(16-19)27-14-13-25-12-6-11-23-25/h3-12,16,18H,13-15H2,1-2H3,(H,24,26). The molecule has 0 saturated carbocycles. The zero-order chi connectivity index (χ0) is 19.1. The average molecular weight is 363 g/mol. The van der Waals surface area contributed by atoms with E-state index in [4.69, 9.17) is 4.74 Å². The quantitative estimate of drug-likeness (QED) is 0.645. The van der Waals surface area contributed by atoms with Crippen molar-refractivity contribution in [3.63, 3.8) is 0 Å². The Hall–Kier alpha value is -3.08. The summed E-state index contributed by atoms with van der Waals surface area (Å²) in [5.74, 6) is 0.894. The van der Waals surface area contributed by atoms with E-state index in [0.717, 1.165) is 11.4 Å². The number of anilines is 1. The Morgan fingerprint density at radius 2 is 2.04 bits per heavy atom. The van der Waals surface area contributed by atoms with Gasteiger partial charge in [-0.25, -0.2) is 0 Å². The molecule has 0 aliphatic carbocycles. The van der Waals surface area contributed by atoms with E-state index in [1.54, 1.807) is 6.20 Å². The normalized spacial score (nSPS) is 11.8. The SMILES string of the molecule is Cc1ccccc1C(C)CC(=O)Nc1cccc(OCCn2cccn2)c1. The van der Waals surface area contributed by atoms with Gasteiger partial charge in [-0.05, 0) is 42.2 Å². The molecule has 1 aromatic heterocycles. The van der Waals surface area contributed by atoms with Crippen molar-refractivity contribution in [2.75, 3.05) is 11.9 Å². The zero-order valence-electron chi connectivity index (χ0n) is 15.8. The first-order valence-corrected chi connectivity index (χ1v) is 9.17. The summed E-state index contributed by atoms with van der Waals surface area (Å²) in [6.45, 7) is 5.35. The lowest BCUT2D eigenvalue weighted by Crippen LogP contribution is -2.15. The number of hydrogen-bond donors (Lipinski definition) is 1. The first-order chi connectivity index (χ1) is 13.1. The highest BCUT2D eigenvalue weighted by Gasteiger charge is 2.13. The number of ether oxygens (including phenoxy) is 1. The van der Waals surface area contributed by atoms with E-state index in [2.05, 4.69) is 36.4 Å². The molecule has 140 valence electrons. The van der Waals surface area contributed by atoms with E-state index in [0.29, 0.717) is 19.6 Å². The van der Waals surface area contributed by atoms with Crippen molar-refractivity contribution in [3.8, 4) is 5.75 Å². The second kappa shape index (κ2) is 9.03. The maximum absolute atomic E-state index is 12.4. The molecule has 0 spiro atoms. The molecule has 1 N–H and O–H groups in total. The van der Waals surface area contributed by atoms with Gasteiger partial charge < -0.3 is 10.1 Å². The first-order valence-electron chi connectivity index (χ1n) is 9.17. The molecule has 3 rings (SSSR count). The van der Waals surface area contributed by atoms with Gasteiger partial charge in [0, 0.05) is 30.6 Å². The zero-order valence-corrected chi connectivity index (χ0v) is 15.8. The van der Waals surface area contributed by atoms with Crippen LogP contribution in [-0.2, 0) is 11.3 Å². The molecule has 0 saturated heterocycles. The van der Waals surface area contributed by atoms with Gasteiger partial charge in [0.05, 0.1) is 6.54 Å². The monoisotopic (exact) mass is 363 g/mol. The Bertz CT molecular complexity index is 875. The largest absolute Gasteiger partial charge is 0.492 e. The molecule has 27 heavy (non-hydrogen) atoms. The second-order valence-corrected chi connectivity index (χ2v) is 6.66. The summed E-state index contributed by atoms with van der Waals surface area (Å²) in [7, 11) is 0. The Morgan fingerprint density at radius 1 is 1.19 bits per heavy atom. The molecule has 0 radical (unpaired) electrons. The predicted molar refractivity (Wildman–Crippen MR) is 107 cm³/mol. The number of nitrogens with one attached hydrogen (secondary N) is 1. The van der Waals surface area contributed by atoms with Crippen molar-refractivity contribution in [2.24, 2.45) is 0 Å². The van der Waals surface area contributed by atoms with Gasteiger partial charge in [-0.15, -0.1) is 0 Å². The maximum Gasteiger partial charge on any atom is 0.224 e. The average Bonchev–Trinajstić information content (AvgIpc) is 3.15. The molecule has 1 unspecified atom stereocenters. The smallest absolute Gasteiger partial charge is 0.224 e. The predicted octanol–water partition coefficient (Wildman–Crippen LogP) is 4.40. The van der Waals surface area contributed by atoms with Crippen molar-refractivity contribution in [2.45, 2.75) is 32.7 Å². The molecule has 1 atom stereocenters. The van der Waals surface area contributed by atoms with Crippen LogP contribution in [0.15, 0.2) is 67.0 Å². The van der Waals surface area contributed by atoms with Gasteiger partial charge in [-0.2, -0.15) is 5.10 Å². The van der Waals surface area contributed by atoms with Crippen molar-refractivity contribution in [3.05, 3.63) is 78.1 Å². The molecule has 0 fully saturated rings. The highest BCUT2D eigenvalue weighted by atomic mass is 16.5. The van der Waals surface area contributed by atoms with Crippen LogP contribution in [0.3, 0.4) is 0 Å². The lowest BCUT2D eigenvalue weighted by molar-refractivity contribution is -0.116. The van der Waals surface area contributed by atoms with E-state index in [1.807, 2.05) is 53.3 Å². The van der Waals surface area contributed by atoms with Crippen LogP contribution in [0.2, 0.25) is 0 Å². The number of rotatable bonds is 8. The van der Waals surface area contributed by atoms with E-state index in [1.165, 1.54) is 11.1 Å². The van der Waals surface area contributed by atoms with E-state index in [9.17, 15) is 4.79 Å². The van der Waals surface area contributed by atoms with Gasteiger partial charge in [-0.3, -0.25) is 9.48 Å². The molecule has 1 heterocycles.